The lowest BCUT2D eigenvalue weighted by Crippen LogP contribution is -2.36. The van der Waals surface area contributed by atoms with Gasteiger partial charge in [-0.25, -0.2) is 0 Å². The molecular weight excluding hydrogens is 262 g/mol. The van der Waals surface area contributed by atoms with E-state index >= 15 is 0 Å². The van der Waals surface area contributed by atoms with Crippen molar-refractivity contribution < 1.29 is 10.2 Å². The van der Waals surface area contributed by atoms with E-state index in [1.165, 1.54) is 51.4 Å². The summed E-state index contributed by atoms with van der Waals surface area (Å²) in [4.78, 5) is 0. The Hall–Kier alpha value is -0.640. The van der Waals surface area contributed by atoms with E-state index in [0.717, 1.165) is 12.8 Å². The van der Waals surface area contributed by atoms with Gasteiger partial charge in [-0.15, -0.1) is 0 Å². The summed E-state index contributed by atoms with van der Waals surface area (Å²) in [6.45, 7) is 2.06. The molecule has 21 heavy (non-hydrogen) atoms. The number of aliphatic hydroxyl groups excluding tert-OH is 2. The van der Waals surface area contributed by atoms with Crippen molar-refractivity contribution in [1.29, 1.82) is 0 Å². The summed E-state index contributed by atoms with van der Waals surface area (Å²) in [5, 5.41) is 18.3. The summed E-state index contributed by atoms with van der Waals surface area (Å²) in [7, 11) is 0. The first-order valence-electron chi connectivity index (χ1n) is 8.58. The molecule has 0 amide bonds. The minimum absolute atomic E-state index is 0.191. The van der Waals surface area contributed by atoms with Gasteiger partial charge in [0.1, 0.15) is 0 Å². The standard InChI is InChI=1S/C18H35NO2/c1-2-3-4-5-6-7-8-9-10-11-12-13-14-15-18(21)17(19)16-20/h10-11,14-15,17-18,20-21H,2-9,12-13,16,19H2,1H3/b11-10-,15-14+. The van der Waals surface area contributed by atoms with Crippen LogP contribution >= 0.6 is 0 Å². The highest BCUT2D eigenvalue weighted by Gasteiger charge is 2.08. The van der Waals surface area contributed by atoms with Crippen molar-refractivity contribution in [1.82, 2.24) is 0 Å². The molecule has 0 spiro atoms. The van der Waals surface area contributed by atoms with Crippen molar-refractivity contribution in [2.24, 2.45) is 5.73 Å². The largest absolute Gasteiger partial charge is 0.395 e. The maximum absolute atomic E-state index is 9.51. The normalized spacial score (nSPS) is 15.0. The fourth-order valence-electron chi connectivity index (χ4n) is 2.13. The zero-order valence-electron chi connectivity index (χ0n) is 13.7. The quantitative estimate of drug-likeness (QED) is 0.338. The van der Waals surface area contributed by atoms with Gasteiger partial charge < -0.3 is 15.9 Å². The molecule has 0 saturated heterocycles. The predicted molar refractivity (Wildman–Crippen MR) is 91.2 cm³/mol. The molecule has 2 atom stereocenters. The van der Waals surface area contributed by atoms with Crippen LogP contribution < -0.4 is 5.73 Å². The summed E-state index contributed by atoms with van der Waals surface area (Å²) in [6, 6.07) is -0.575. The van der Waals surface area contributed by atoms with Gasteiger partial charge >= 0.3 is 0 Å². The van der Waals surface area contributed by atoms with Crippen LogP contribution in [0.3, 0.4) is 0 Å². The number of aliphatic hydroxyl groups is 2. The summed E-state index contributed by atoms with van der Waals surface area (Å²) in [5.41, 5.74) is 5.50. The van der Waals surface area contributed by atoms with Gasteiger partial charge in [0.2, 0.25) is 0 Å². The van der Waals surface area contributed by atoms with E-state index in [-0.39, 0.29) is 6.61 Å². The molecule has 2 unspecified atom stereocenters. The Morgan fingerprint density at radius 1 is 0.857 bits per heavy atom. The molecule has 0 fully saturated rings. The fraction of sp³-hybridized carbons (Fsp3) is 0.778. The van der Waals surface area contributed by atoms with Crippen LogP contribution in [0, 0.1) is 0 Å². The second kappa shape index (κ2) is 15.7. The highest BCUT2D eigenvalue weighted by atomic mass is 16.3. The maximum atomic E-state index is 9.51. The van der Waals surface area contributed by atoms with Crippen molar-refractivity contribution in [2.45, 2.75) is 83.3 Å². The number of hydrogen-bond donors (Lipinski definition) is 3. The molecule has 0 aromatic carbocycles. The average Bonchev–Trinajstić information content (AvgIpc) is 2.50. The Labute approximate surface area is 130 Å². The Morgan fingerprint density at radius 2 is 1.43 bits per heavy atom. The van der Waals surface area contributed by atoms with Crippen LogP contribution in [0.25, 0.3) is 0 Å². The van der Waals surface area contributed by atoms with E-state index < -0.39 is 12.1 Å². The van der Waals surface area contributed by atoms with Crippen LogP contribution in [0.1, 0.15) is 71.1 Å². The summed E-state index contributed by atoms with van der Waals surface area (Å²) in [5.74, 6) is 0. The van der Waals surface area contributed by atoms with Crippen molar-refractivity contribution in [2.75, 3.05) is 6.61 Å². The second-order valence-electron chi connectivity index (χ2n) is 5.72. The van der Waals surface area contributed by atoms with E-state index in [1.54, 1.807) is 6.08 Å². The lowest BCUT2D eigenvalue weighted by Gasteiger charge is -2.11. The van der Waals surface area contributed by atoms with Crippen LogP contribution in [0.2, 0.25) is 0 Å². The average molecular weight is 297 g/mol. The molecule has 0 aliphatic heterocycles. The van der Waals surface area contributed by atoms with Crippen LogP contribution in [0.4, 0.5) is 0 Å². The summed E-state index contributed by atoms with van der Waals surface area (Å²) >= 11 is 0. The third-order valence-electron chi connectivity index (χ3n) is 3.62. The highest BCUT2D eigenvalue weighted by Crippen LogP contribution is 2.09. The topological polar surface area (TPSA) is 66.5 Å². The summed E-state index contributed by atoms with van der Waals surface area (Å²) < 4.78 is 0. The first-order chi connectivity index (χ1) is 10.2. The number of unbranched alkanes of at least 4 members (excludes halogenated alkanes) is 8. The van der Waals surface area contributed by atoms with Crippen molar-refractivity contribution in [3.8, 4) is 0 Å². The van der Waals surface area contributed by atoms with Crippen molar-refractivity contribution >= 4 is 0 Å². The van der Waals surface area contributed by atoms with Gasteiger partial charge in [-0.2, -0.15) is 0 Å². The Balaban J connectivity index is 3.35. The van der Waals surface area contributed by atoms with Crippen molar-refractivity contribution in [3.05, 3.63) is 24.3 Å². The third kappa shape index (κ3) is 14.1. The van der Waals surface area contributed by atoms with E-state index in [9.17, 15) is 5.11 Å². The first-order valence-corrected chi connectivity index (χ1v) is 8.58. The summed E-state index contributed by atoms with van der Waals surface area (Å²) in [6.07, 6.45) is 19.9. The van der Waals surface area contributed by atoms with Crippen LogP contribution in [-0.4, -0.2) is 29.0 Å². The third-order valence-corrected chi connectivity index (χ3v) is 3.62. The smallest absolute Gasteiger partial charge is 0.0894 e. The van der Waals surface area contributed by atoms with Crippen LogP contribution in [-0.2, 0) is 0 Å². The van der Waals surface area contributed by atoms with Gasteiger partial charge in [0.05, 0.1) is 18.8 Å². The van der Waals surface area contributed by atoms with Gasteiger partial charge in [-0.05, 0) is 25.7 Å². The lowest BCUT2D eigenvalue weighted by atomic mass is 10.1. The van der Waals surface area contributed by atoms with Gasteiger partial charge in [0.15, 0.2) is 0 Å². The zero-order valence-corrected chi connectivity index (χ0v) is 13.7. The molecule has 3 heteroatoms. The fourth-order valence-corrected chi connectivity index (χ4v) is 2.13. The molecule has 0 heterocycles. The molecule has 4 N–H and O–H groups in total. The lowest BCUT2D eigenvalue weighted by molar-refractivity contribution is 0.144. The minimum atomic E-state index is -0.744. The minimum Gasteiger partial charge on any atom is -0.395 e. The van der Waals surface area contributed by atoms with Gasteiger partial charge in [0.25, 0.3) is 0 Å². The van der Waals surface area contributed by atoms with Crippen LogP contribution in [0.15, 0.2) is 24.3 Å². The van der Waals surface area contributed by atoms with Gasteiger partial charge in [0, 0.05) is 0 Å². The monoisotopic (exact) mass is 297 g/mol. The molecule has 0 rings (SSSR count). The Kier molecular flexibility index (Phi) is 15.3. The van der Waals surface area contributed by atoms with E-state index in [1.807, 2.05) is 6.08 Å². The molecule has 0 bridgehead atoms. The van der Waals surface area contributed by atoms with Gasteiger partial charge in [-0.3, -0.25) is 0 Å². The Bertz CT molecular complexity index is 264. The molecule has 0 aromatic rings. The van der Waals surface area contributed by atoms with E-state index in [0.29, 0.717) is 0 Å². The number of nitrogens with two attached hydrogens (primary N) is 1. The molecule has 0 aliphatic carbocycles. The molecular formula is C18H35NO2. The van der Waals surface area contributed by atoms with Crippen molar-refractivity contribution in [3.63, 3.8) is 0 Å². The number of allylic oxidation sites excluding steroid dienone is 3. The second-order valence-corrected chi connectivity index (χ2v) is 5.72. The highest BCUT2D eigenvalue weighted by molar-refractivity contribution is 4.95. The van der Waals surface area contributed by atoms with E-state index in [2.05, 4.69) is 19.1 Å². The molecule has 0 aromatic heterocycles. The van der Waals surface area contributed by atoms with Gasteiger partial charge in [-0.1, -0.05) is 69.8 Å². The van der Waals surface area contributed by atoms with Crippen LogP contribution in [0.5, 0.6) is 0 Å². The number of rotatable bonds is 14. The molecule has 0 saturated carbocycles. The zero-order chi connectivity index (χ0) is 15.8. The first kappa shape index (κ1) is 20.4. The SMILES string of the molecule is CCCCCCCCC/C=C\CC/C=C/C(O)C(N)CO. The maximum Gasteiger partial charge on any atom is 0.0894 e. The number of hydrogen-bond acceptors (Lipinski definition) is 3. The Morgan fingerprint density at radius 3 is 2.10 bits per heavy atom. The van der Waals surface area contributed by atoms with E-state index in [4.69, 9.17) is 10.8 Å². The molecule has 0 aliphatic rings. The molecule has 3 nitrogen and oxygen atoms in total. The molecule has 124 valence electrons. The molecule has 0 radical (unpaired) electrons. The predicted octanol–water partition coefficient (Wildman–Crippen LogP) is 3.70.